The minimum atomic E-state index is -0.214. The third-order valence-corrected chi connectivity index (χ3v) is 3.43. The van der Waals surface area contributed by atoms with Crippen molar-refractivity contribution in [2.45, 2.75) is 25.3 Å². The van der Waals surface area contributed by atoms with Crippen LogP contribution in [0.25, 0.3) is 0 Å². The van der Waals surface area contributed by atoms with Crippen molar-refractivity contribution < 1.29 is 9.90 Å². The van der Waals surface area contributed by atoms with Gasteiger partial charge in [0.25, 0.3) is 5.91 Å². The molecule has 1 saturated carbocycles. The van der Waals surface area contributed by atoms with Gasteiger partial charge in [0.2, 0.25) is 0 Å². The Morgan fingerprint density at radius 1 is 1.41 bits per heavy atom. The van der Waals surface area contributed by atoms with Crippen LogP contribution in [0.15, 0.2) is 24.3 Å². The van der Waals surface area contributed by atoms with Crippen molar-refractivity contribution in [3.8, 4) is 5.75 Å². The Morgan fingerprint density at radius 3 is 2.88 bits per heavy atom. The van der Waals surface area contributed by atoms with Gasteiger partial charge in [-0.05, 0) is 37.4 Å². The summed E-state index contributed by atoms with van der Waals surface area (Å²) in [6, 6.07) is 6.72. The first-order valence-corrected chi connectivity index (χ1v) is 6.01. The van der Waals surface area contributed by atoms with Gasteiger partial charge < -0.3 is 16.2 Å². The normalized spacial score (nSPS) is 23.6. The molecule has 1 aromatic carbocycles. The van der Waals surface area contributed by atoms with E-state index in [9.17, 15) is 9.90 Å². The maximum absolute atomic E-state index is 12.0. The molecule has 2 rings (SSSR count). The van der Waals surface area contributed by atoms with Crippen LogP contribution in [0, 0.1) is 5.92 Å². The molecule has 17 heavy (non-hydrogen) atoms. The Labute approximate surface area is 101 Å². The van der Waals surface area contributed by atoms with Gasteiger partial charge in [0.15, 0.2) is 0 Å². The number of nitrogens with two attached hydrogens (primary N) is 1. The zero-order valence-corrected chi connectivity index (χ0v) is 9.73. The molecule has 0 aromatic heterocycles. The first-order chi connectivity index (χ1) is 8.22. The first-order valence-electron chi connectivity index (χ1n) is 6.01. The lowest BCUT2D eigenvalue weighted by molar-refractivity contribution is 0.0926. The van der Waals surface area contributed by atoms with Crippen LogP contribution in [-0.4, -0.2) is 23.6 Å². The first kappa shape index (κ1) is 11.9. The quantitative estimate of drug-likeness (QED) is 0.736. The van der Waals surface area contributed by atoms with Crippen molar-refractivity contribution in [2.24, 2.45) is 11.7 Å². The van der Waals surface area contributed by atoms with E-state index < -0.39 is 0 Å². The number of nitrogens with one attached hydrogen (secondary N) is 1. The van der Waals surface area contributed by atoms with E-state index in [-0.39, 0.29) is 17.7 Å². The van der Waals surface area contributed by atoms with Crippen LogP contribution in [0.4, 0.5) is 0 Å². The molecule has 1 aliphatic rings. The standard InChI is InChI=1S/C13H18N2O2/c14-8-9-4-3-6-11(9)15-13(17)10-5-1-2-7-12(10)16/h1-2,5,7,9,11,16H,3-4,6,8,14H2,(H,15,17). The summed E-state index contributed by atoms with van der Waals surface area (Å²) in [6.45, 7) is 0.603. The number of carbonyl (C=O) groups is 1. The van der Waals surface area contributed by atoms with Gasteiger partial charge in [-0.15, -0.1) is 0 Å². The topological polar surface area (TPSA) is 75.3 Å². The summed E-state index contributed by atoms with van der Waals surface area (Å²) in [5, 5.41) is 12.6. The molecule has 0 saturated heterocycles. The lowest BCUT2D eigenvalue weighted by atomic mass is 10.0. The van der Waals surface area contributed by atoms with Crippen molar-refractivity contribution >= 4 is 5.91 Å². The Bertz CT molecular complexity index is 406. The van der Waals surface area contributed by atoms with E-state index in [4.69, 9.17) is 5.73 Å². The predicted octanol–water partition coefficient (Wildman–Crippen LogP) is 1.25. The highest BCUT2D eigenvalue weighted by Crippen LogP contribution is 2.25. The number of amides is 1. The Kier molecular flexibility index (Phi) is 3.64. The van der Waals surface area contributed by atoms with Gasteiger partial charge >= 0.3 is 0 Å². The van der Waals surface area contributed by atoms with Crippen LogP contribution >= 0.6 is 0 Å². The molecule has 2 atom stereocenters. The van der Waals surface area contributed by atoms with Gasteiger partial charge in [0, 0.05) is 6.04 Å². The van der Waals surface area contributed by atoms with Crippen LogP contribution in [0.3, 0.4) is 0 Å². The SMILES string of the molecule is NCC1CCCC1NC(=O)c1ccccc1O. The molecule has 0 bridgehead atoms. The number of benzene rings is 1. The fourth-order valence-electron chi connectivity index (χ4n) is 2.42. The van der Waals surface area contributed by atoms with Gasteiger partial charge in [-0.25, -0.2) is 0 Å². The number of carbonyl (C=O) groups excluding carboxylic acids is 1. The average molecular weight is 234 g/mol. The van der Waals surface area contributed by atoms with Crippen LogP contribution < -0.4 is 11.1 Å². The third-order valence-electron chi connectivity index (χ3n) is 3.43. The maximum Gasteiger partial charge on any atom is 0.255 e. The second-order valence-corrected chi connectivity index (χ2v) is 4.52. The van der Waals surface area contributed by atoms with Crippen LogP contribution in [0.5, 0.6) is 5.75 Å². The number of aromatic hydroxyl groups is 1. The highest BCUT2D eigenvalue weighted by molar-refractivity contribution is 5.96. The second-order valence-electron chi connectivity index (χ2n) is 4.52. The van der Waals surface area contributed by atoms with E-state index in [0.717, 1.165) is 19.3 Å². The largest absolute Gasteiger partial charge is 0.507 e. The predicted molar refractivity (Wildman–Crippen MR) is 65.8 cm³/mol. The van der Waals surface area contributed by atoms with E-state index in [1.807, 2.05) is 0 Å². The molecule has 1 fully saturated rings. The minimum Gasteiger partial charge on any atom is -0.507 e. The summed E-state index contributed by atoms with van der Waals surface area (Å²) in [6.07, 6.45) is 3.15. The van der Waals surface area contributed by atoms with E-state index in [1.54, 1.807) is 18.2 Å². The highest BCUT2D eigenvalue weighted by atomic mass is 16.3. The number of phenolic OH excluding ortho intramolecular Hbond substituents is 1. The van der Waals surface area contributed by atoms with E-state index in [1.165, 1.54) is 6.07 Å². The average Bonchev–Trinajstić information content (AvgIpc) is 2.76. The molecule has 4 nitrogen and oxygen atoms in total. The summed E-state index contributed by atoms with van der Waals surface area (Å²) in [4.78, 5) is 12.0. The van der Waals surface area contributed by atoms with Crippen molar-refractivity contribution in [2.75, 3.05) is 6.54 Å². The van der Waals surface area contributed by atoms with E-state index >= 15 is 0 Å². The van der Waals surface area contributed by atoms with E-state index in [2.05, 4.69) is 5.32 Å². The van der Waals surface area contributed by atoms with Crippen LogP contribution in [-0.2, 0) is 0 Å². The molecule has 4 N–H and O–H groups in total. The van der Waals surface area contributed by atoms with Crippen molar-refractivity contribution in [1.29, 1.82) is 0 Å². The molecule has 1 aliphatic carbocycles. The highest BCUT2D eigenvalue weighted by Gasteiger charge is 2.28. The van der Waals surface area contributed by atoms with Crippen molar-refractivity contribution in [1.82, 2.24) is 5.32 Å². The lowest BCUT2D eigenvalue weighted by Gasteiger charge is -2.19. The molecule has 0 aliphatic heterocycles. The fraction of sp³-hybridized carbons (Fsp3) is 0.462. The Balaban J connectivity index is 2.04. The number of rotatable bonds is 3. The van der Waals surface area contributed by atoms with E-state index in [0.29, 0.717) is 18.0 Å². The summed E-state index contributed by atoms with van der Waals surface area (Å²) >= 11 is 0. The smallest absolute Gasteiger partial charge is 0.255 e. The van der Waals surface area contributed by atoms with Crippen LogP contribution in [0.2, 0.25) is 0 Å². The molecular formula is C13H18N2O2. The van der Waals surface area contributed by atoms with Gasteiger partial charge in [-0.2, -0.15) is 0 Å². The molecular weight excluding hydrogens is 216 g/mol. The number of para-hydroxylation sites is 1. The number of hydrogen-bond donors (Lipinski definition) is 3. The third kappa shape index (κ3) is 2.58. The molecule has 92 valence electrons. The van der Waals surface area contributed by atoms with Gasteiger partial charge in [-0.1, -0.05) is 18.6 Å². The fourth-order valence-corrected chi connectivity index (χ4v) is 2.42. The summed E-state index contributed by atoms with van der Waals surface area (Å²) in [5.74, 6) is 0.172. The molecule has 2 unspecified atom stereocenters. The zero-order chi connectivity index (χ0) is 12.3. The number of hydrogen-bond acceptors (Lipinski definition) is 3. The van der Waals surface area contributed by atoms with Crippen LogP contribution in [0.1, 0.15) is 29.6 Å². The monoisotopic (exact) mass is 234 g/mol. The summed E-state index contributed by atoms with van der Waals surface area (Å²) in [7, 11) is 0. The number of phenols is 1. The van der Waals surface area contributed by atoms with Gasteiger partial charge in [0.05, 0.1) is 5.56 Å². The molecule has 1 aromatic rings. The molecule has 0 radical (unpaired) electrons. The molecule has 1 amide bonds. The van der Waals surface area contributed by atoms with Crippen molar-refractivity contribution in [3.05, 3.63) is 29.8 Å². The minimum absolute atomic E-state index is 0.0206. The van der Waals surface area contributed by atoms with Gasteiger partial charge in [-0.3, -0.25) is 4.79 Å². The van der Waals surface area contributed by atoms with Gasteiger partial charge in [0.1, 0.15) is 5.75 Å². The summed E-state index contributed by atoms with van der Waals surface area (Å²) in [5.41, 5.74) is 6.00. The van der Waals surface area contributed by atoms with Crippen molar-refractivity contribution in [3.63, 3.8) is 0 Å². The lowest BCUT2D eigenvalue weighted by Crippen LogP contribution is -2.39. The molecule has 0 spiro atoms. The Hall–Kier alpha value is -1.55. The maximum atomic E-state index is 12.0. The summed E-state index contributed by atoms with van der Waals surface area (Å²) < 4.78 is 0. The molecule has 4 heteroatoms. The zero-order valence-electron chi connectivity index (χ0n) is 9.73. The molecule has 0 heterocycles. The second kappa shape index (κ2) is 5.19. The Morgan fingerprint density at radius 2 is 2.18 bits per heavy atom.